The van der Waals surface area contributed by atoms with Gasteiger partial charge in [0.15, 0.2) is 5.13 Å². The molecule has 1 unspecified atom stereocenters. The number of aryl methyl sites for hydroxylation is 1. The molecule has 5 rings (SSSR count). The Kier molecular flexibility index (Phi) is 7.95. The number of aromatic nitrogens is 1. The third-order valence-electron chi connectivity index (χ3n) is 6.25. The highest BCUT2D eigenvalue weighted by molar-refractivity contribution is 8.00. The number of carboxylic acid groups (broad SMARTS) is 1. The Bertz CT molecular complexity index is 1710. The number of fused-ring (bicyclic) bond motifs is 1. The quantitative estimate of drug-likeness (QED) is 0.169. The van der Waals surface area contributed by atoms with Gasteiger partial charge in [-0.05, 0) is 55.6 Å². The molecular formula is C31H25N3O4S2. The van der Waals surface area contributed by atoms with Crippen LogP contribution in [0.25, 0.3) is 22.0 Å². The van der Waals surface area contributed by atoms with Crippen LogP contribution in [0.15, 0.2) is 95.9 Å². The highest BCUT2D eigenvalue weighted by Crippen LogP contribution is 2.32. The molecule has 200 valence electrons. The molecule has 5 aromatic rings. The van der Waals surface area contributed by atoms with Crippen molar-refractivity contribution in [2.24, 2.45) is 0 Å². The number of hydrogen-bond donors (Lipinski definition) is 3. The maximum absolute atomic E-state index is 13.1. The average molecular weight is 568 g/mol. The number of amides is 2. The number of hydrogen-bond acceptors (Lipinski definition) is 6. The number of rotatable bonds is 8. The largest absolute Gasteiger partial charge is 0.478 e. The average Bonchev–Trinajstić information content (AvgIpc) is 3.33. The monoisotopic (exact) mass is 567 g/mol. The second kappa shape index (κ2) is 11.7. The summed E-state index contributed by atoms with van der Waals surface area (Å²) in [5, 5.41) is 16.6. The van der Waals surface area contributed by atoms with Gasteiger partial charge in [0.1, 0.15) is 0 Å². The van der Waals surface area contributed by atoms with Crippen molar-refractivity contribution >= 4 is 62.5 Å². The first kappa shape index (κ1) is 27.1. The Morgan fingerprint density at radius 3 is 2.20 bits per heavy atom. The molecule has 1 heterocycles. The van der Waals surface area contributed by atoms with Gasteiger partial charge >= 0.3 is 5.97 Å². The number of carboxylic acids is 1. The smallest absolute Gasteiger partial charge is 0.336 e. The second-order valence-corrected chi connectivity index (χ2v) is 11.6. The third kappa shape index (κ3) is 5.90. The van der Waals surface area contributed by atoms with E-state index in [-0.39, 0.29) is 22.3 Å². The number of carbonyl (C=O) groups excluding carboxylic acids is 2. The molecule has 1 atom stereocenters. The Labute approximate surface area is 239 Å². The van der Waals surface area contributed by atoms with E-state index in [0.717, 1.165) is 21.0 Å². The summed E-state index contributed by atoms with van der Waals surface area (Å²) in [6, 6.07) is 27.1. The fourth-order valence-electron chi connectivity index (χ4n) is 4.30. The predicted molar refractivity (Wildman–Crippen MR) is 162 cm³/mol. The molecule has 4 aromatic carbocycles. The van der Waals surface area contributed by atoms with Gasteiger partial charge in [0.25, 0.3) is 5.91 Å². The van der Waals surface area contributed by atoms with Crippen molar-refractivity contribution in [1.82, 2.24) is 4.98 Å². The molecule has 0 fully saturated rings. The maximum Gasteiger partial charge on any atom is 0.336 e. The van der Waals surface area contributed by atoms with E-state index >= 15 is 0 Å². The molecule has 0 radical (unpaired) electrons. The second-order valence-electron chi connectivity index (χ2n) is 9.03. The van der Waals surface area contributed by atoms with E-state index in [1.54, 1.807) is 42.5 Å². The topological polar surface area (TPSA) is 108 Å². The lowest BCUT2D eigenvalue weighted by Gasteiger charge is -2.12. The van der Waals surface area contributed by atoms with Crippen molar-refractivity contribution in [3.8, 4) is 11.3 Å². The molecule has 0 saturated carbocycles. The summed E-state index contributed by atoms with van der Waals surface area (Å²) >= 11 is 2.84. The van der Waals surface area contributed by atoms with E-state index in [2.05, 4.69) is 15.6 Å². The number of aromatic carboxylic acids is 1. The van der Waals surface area contributed by atoms with Crippen LogP contribution in [0, 0.1) is 6.92 Å². The molecule has 0 aliphatic carbocycles. The summed E-state index contributed by atoms with van der Waals surface area (Å²) in [6.07, 6.45) is 0. The number of nitrogens with one attached hydrogen (secondary N) is 2. The van der Waals surface area contributed by atoms with Gasteiger partial charge in [-0.1, -0.05) is 54.6 Å². The maximum atomic E-state index is 13.1. The van der Waals surface area contributed by atoms with E-state index in [1.807, 2.05) is 56.3 Å². The van der Waals surface area contributed by atoms with Crippen molar-refractivity contribution in [3.05, 3.63) is 107 Å². The minimum atomic E-state index is -1.09. The summed E-state index contributed by atoms with van der Waals surface area (Å²) in [6.45, 7) is 3.81. The molecule has 3 N–H and O–H groups in total. The minimum absolute atomic E-state index is 0.0754. The minimum Gasteiger partial charge on any atom is -0.478 e. The molecule has 7 nitrogen and oxygen atoms in total. The summed E-state index contributed by atoms with van der Waals surface area (Å²) < 4.78 is 0. The molecule has 0 saturated heterocycles. The molecule has 9 heteroatoms. The molecular weight excluding hydrogens is 542 g/mol. The molecule has 1 aromatic heterocycles. The van der Waals surface area contributed by atoms with Crippen LogP contribution in [0.2, 0.25) is 0 Å². The van der Waals surface area contributed by atoms with Gasteiger partial charge in [-0.25, -0.2) is 9.78 Å². The zero-order valence-electron chi connectivity index (χ0n) is 21.7. The van der Waals surface area contributed by atoms with Gasteiger partial charge in [0.2, 0.25) is 5.91 Å². The zero-order valence-corrected chi connectivity index (χ0v) is 23.3. The Morgan fingerprint density at radius 1 is 0.850 bits per heavy atom. The molecule has 40 heavy (non-hydrogen) atoms. The first-order valence-corrected chi connectivity index (χ1v) is 14.2. The van der Waals surface area contributed by atoms with E-state index in [1.165, 1.54) is 29.2 Å². The van der Waals surface area contributed by atoms with Gasteiger partial charge in [-0.2, -0.15) is 0 Å². The van der Waals surface area contributed by atoms with Gasteiger partial charge in [0, 0.05) is 32.0 Å². The lowest BCUT2D eigenvalue weighted by molar-refractivity contribution is -0.115. The number of thioether (sulfide) groups is 1. The molecule has 0 spiro atoms. The zero-order chi connectivity index (χ0) is 28.2. The van der Waals surface area contributed by atoms with Gasteiger partial charge in [-0.15, -0.1) is 23.1 Å². The molecule has 0 bridgehead atoms. The van der Waals surface area contributed by atoms with Crippen LogP contribution in [-0.2, 0) is 4.79 Å². The number of thiazole rings is 1. The Morgan fingerprint density at radius 2 is 1.52 bits per heavy atom. The van der Waals surface area contributed by atoms with Gasteiger partial charge < -0.3 is 15.7 Å². The van der Waals surface area contributed by atoms with Crippen LogP contribution < -0.4 is 10.6 Å². The summed E-state index contributed by atoms with van der Waals surface area (Å²) in [7, 11) is 0. The summed E-state index contributed by atoms with van der Waals surface area (Å²) in [5.74, 6) is -1.64. The first-order valence-electron chi connectivity index (χ1n) is 12.5. The number of nitrogens with zero attached hydrogens (tertiary/aromatic N) is 1. The Hall–Kier alpha value is -4.47. The predicted octanol–water partition coefficient (Wildman–Crippen LogP) is 7.34. The van der Waals surface area contributed by atoms with Crippen molar-refractivity contribution in [2.75, 3.05) is 10.6 Å². The van der Waals surface area contributed by atoms with Crippen LogP contribution >= 0.6 is 23.1 Å². The standard InChI is InChI=1S/C31H25N3O4S2/c1-18-27(21-8-4-3-5-9-21)33-31(40-18)34-28(35)19(2)39-23-16-14-22(15-17-23)32-29(36)24-12-6-10-20-11-7-13-25(26(20)24)30(37)38/h3-17,19H,1-2H3,(H,32,36)(H,37,38)(H,33,34,35). The van der Waals surface area contributed by atoms with Crippen molar-refractivity contribution < 1.29 is 19.5 Å². The van der Waals surface area contributed by atoms with Gasteiger partial charge in [-0.3, -0.25) is 9.59 Å². The molecule has 2 amide bonds. The Balaban J connectivity index is 1.23. The van der Waals surface area contributed by atoms with Crippen LogP contribution in [0.1, 0.15) is 32.5 Å². The fourth-order valence-corrected chi connectivity index (χ4v) is 6.01. The molecule has 0 aliphatic rings. The lowest BCUT2D eigenvalue weighted by Crippen LogP contribution is -2.22. The van der Waals surface area contributed by atoms with Crippen molar-refractivity contribution in [2.45, 2.75) is 24.0 Å². The highest BCUT2D eigenvalue weighted by atomic mass is 32.2. The van der Waals surface area contributed by atoms with Crippen LogP contribution in [0.3, 0.4) is 0 Å². The van der Waals surface area contributed by atoms with Crippen LogP contribution in [0.4, 0.5) is 10.8 Å². The third-order valence-corrected chi connectivity index (χ3v) is 8.25. The first-order chi connectivity index (χ1) is 19.3. The van der Waals surface area contributed by atoms with Crippen LogP contribution in [0.5, 0.6) is 0 Å². The molecule has 0 aliphatic heterocycles. The number of benzene rings is 4. The van der Waals surface area contributed by atoms with Crippen molar-refractivity contribution in [1.29, 1.82) is 0 Å². The lowest BCUT2D eigenvalue weighted by atomic mass is 9.98. The van der Waals surface area contributed by atoms with Crippen LogP contribution in [-0.4, -0.2) is 33.1 Å². The summed E-state index contributed by atoms with van der Waals surface area (Å²) in [5.41, 5.74) is 2.79. The highest BCUT2D eigenvalue weighted by Gasteiger charge is 2.19. The normalized spacial score (nSPS) is 11.7. The van der Waals surface area contributed by atoms with E-state index in [0.29, 0.717) is 21.6 Å². The number of anilines is 2. The SMILES string of the molecule is Cc1sc(NC(=O)C(C)Sc2ccc(NC(=O)c3cccc4cccc(C(=O)O)c34)cc2)nc1-c1ccccc1. The number of carbonyl (C=O) groups is 3. The van der Waals surface area contributed by atoms with E-state index in [9.17, 15) is 19.5 Å². The summed E-state index contributed by atoms with van der Waals surface area (Å²) in [4.78, 5) is 44.2. The fraction of sp³-hybridized carbons (Fsp3) is 0.0968. The van der Waals surface area contributed by atoms with E-state index in [4.69, 9.17) is 0 Å². The van der Waals surface area contributed by atoms with Crippen molar-refractivity contribution in [3.63, 3.8) is 0 Å². The van der Waals surface area contributed by atoms with E-state index < -0.39 is 11.9 Å². The van der Waals surface area contributed by atoms with Gasteiger partial charge in [0.05, 0.1) is 16.5 Å².